The second-order valence-electron chi connectivity index (χ2n) is 6.23. The summed E-state index contributed by atoms with van der Waals surface area (Å²) in [5.41, 5.74) is 9.54. The van der Waals surface area contributed by atoms with Crippen molar-refractivity contribution < 1.29 is 4.39 Å². The number of fused-ring (bicyclic) bond motifs is 1. The normalized spacial score (nSPS) is 16.9. The highest BCUT2D eigenvalue weighted by molar-refractivity contribution is 5.50. The zero-order valence-electron chi connectivity index (χ0n) is 12.0. The van der Waals surface area contributed by atoms with Crippen molar-refractivity contribution in [3.8, 4) is 0 Å². The van der Waals surface area contributed by atoms with Crippen LogP contribution in [0.2, 0.25) is 0 Å². The molecule has 0 saturated heterocycles. The summed E-state index contributed by atoms with van der Waals surface area (Å²) in [5.74, 6) is 0.507. The van der Waals surface area contributed by atoms with Crippen molar-refractivity contribution in [2.75, 3.05) is 5.73 Å². The van der Waals surface area contributed by atoms with Gasteiger partial charge in [-0.05, 0) is 42.4 Å². The van der Waals surface area contributed by atoms with Crippen LogP contribution >= 0.6 is 0 Å². The van der Waals surface area contributed by atoms with Crippen LogP contribution in [0.3, 0.4) is 0 Å². The molecular formula is C16H20FN3. The molecule has 0 amide bonds. The van der Waals surface area contributed by atoms with Gasteiger partial charge in [0.05, 0.1) is 12.2 Å². The number of halogens is 1. The van der Waals surface area contributed by atoms with E-state index in [9.17, 15) is 4.39 Å². The van der Waals surface area contributed by atoms with Gasteiger partial charge in [-0.3, -0.25) is 0 Å². The Bertz CT molecular complexity index is 643. The first kappa shape index (κ1) is 13.2. The van der Waals surface area contributed by atoms with Crippen LogP contribution in [-0.4, -0.2) is 9.78 Å². The third-order valence-electron chi connectivity index (χ3n) is 4.18. The Morgan fingerprint density at radius 3 is 2.90 bits per heavy atom. The van der Waals surface area contributed by atoms with E-state index >= 15 is 0 Å². The average molecular weight is 273 g/mol. The van der Waals surface area contributed by atoms with Gasteiger partial charge in [0.15, 0.2) is 0 Å². The Morgan fingerprint density at radius 2 is 2.20 bits per heavy atom. The molecule has 1 aliphatic carbocycles. The molecule has 1 aromatic carbocycles. The van der Waals surface area contributed by atoms with Crippen molar-refractivity contribution >= 4 is 5.82 Å². The number of hydrogen-bond acceptors (Lipinski definition) is 2. The molecule has 1 aliphatic rings. The van der Waals surface area contributed by atoms with Gasteiger partial charge in [-0.2, -0.15) is 5.10 Å². The predicted molar refractivity (Wildman–Crippen MR) is 78.1 cm³/mol. The lowest BCUT2D eigenvalue weighted by Gasteiger charge is -2.29. The number of aryl methyl sites for hydroxylation is 1. The molecule has 4 heteroatoms. The maximum absolute atomic E-state index is 13.3. The van der Waals surface area contributed by atoms with Gasteiger partial charge in [0.1, 0.15) is 11.6 Å². The highest BCUT2D eigenvalue weighted by Crippen LogP contribution is 2.39. The number of rotatable bonds is 2. The Labute approximate surface area is 118 Å². The van der Waals surface area contributed by atoms with Crippen molar-refractivity contribution in [3.63, 3.8) is 0 Å². The van der Waals surface area contributed by atoms with E-state index < -0.39 is 0 Å². The monoisotopic (exact) mass is 273 g/mol. The molecule has 0 radical (unpaired) electrons. The smallest absolute Gasteiger partial charge is 0.126 e. The zero-order chi connectivity index (χ0) is 14.3. The average Bonchev–Trinajstić information content (AvgIpc) is 2.67. The quantitative estimate of drug-likeness (QED) is 0.912. The van der Waals surface area contributed by atoms with E-state index in [-0.39, 0.29) is 11.2 Å². The van der Waals surface area contributed by atoms with Crippen molar-refractivity contribution in [3.05, 3.63) is 46.9 Å². The van der Waals surface area contributed by atoms with Gasteiger partial charge in [0.25, 0.3) is 0 Å². The van der Waals surface area contributed by atoms with E-state index in [4.69, 9.17) is 5.73 Å². The number of nitrogens with zero attached hydrogens (tertiary/aromatic N) is 2. The van der Waals surface area contributed by atoms with Gasteiger partial charge in [-0.25, -0.2) is 9.07 Å². The second-order valence-corrected chi connectivity index (χ2v) is 6.23. The van der Waals surface area contributed by atoms with Crippen molar-refractivity contribution in [1.29, 1.82) is 0 Å². The molecule has 106 valence electrons. The van der Waals surface area contributed by atoms with Gasteiger partial charge in [-0.15, -0.1) is 0 Å². The minimum absolute atomic E-state index is 0.0812. The van der Waals surface area contributed by atoms with Crippen molar-refractivity contribution in [2.24, 2.45) is 0 Å². The summed E-state index contributed by atoms with van der Waals surface area (Å²) >= 11 is 0. The SMILES string of the molecule is CC1(C)CCCc2nn(Cc3cccc(F)c3)c(N)c21. The summed E-state index contributed by atoms with van der Waals surface area (Å²) in [6.45, 7) is 4.96. The fourth-order valence-corrected chi connectivity index (χ4v) is 3.19. The van der Waals surface area contributed by atoms with E-state index in [2.05, 4.69) is 18.9 Å². The van der Waals surface area contributed by atoms with Crippen LogP contribution in [0.5, 0.6) is 0 Å². The molecule has 0 saturated carbocycles. The summed E-state index contributed by atoms with van der Waals surface area (Å²) in [7, 11) is 0. The van der Waals surface area contributed by atoms with E-state index in [1.807, 2.05) is 10.7 Å². The fraction of sp³-hybridized carbons (Fsp3) is 0.438. The van der Waals surface area contributed by atoms with E-state index in [1.165, 1.54) is 17.7 Å². The lowest BCUT2D eigenvalue weighted by Crippen LogP contribution is -2.24. The summed E-state index contributed by atoms with van der Waals surface area (Å²) in [6.07, 6.45) is 3.27. The van der Waals surface area contributed by atoms with Crippen LogP contribution in [-0.2, 0) is 18.4 Å². The molecule has 0 unspecified atom stereocenters. The first-order valence-electron chi connectivity index (χ1n) is 7.07. The molecule has 20 heavy (non-hydrogen) atoms. The number of nitrogen functional groups attached to an aromatic ring is 1. The maximum Gasteiger partial charge on any atom is 0.126 e. The van der Waals surface area contributed by atoms with Crippen LogP contribution in [0.4, 0.5) is 10.2 Å². The molecule has 1 aromatic heterocycles. The Morgan fingerprint density at radius 1 is 1.40 bits per heavy atom. The van der Waals surface area contributed by atoms with Gasteiger partial charge in [0, 0.05) is 5.56 Å². The molecule has 0 aliphatic heterocycles. The topological polar surface area (TPSA) is 43.8 Å². The molecule has 0 fully saturated rings. The first-order chi connectivity index (χ1) is 9.47. The Hall–Kier alpha value is -1.84. The summed E-state index contributed by atoms with van der Waals surface area (Å²) < 4.78 is 15.1. The molecule has 3 nitrogen and oxygen atoms in total. The largest absolute Gasteiger partial charge is 0.384 e. The van der Waals surface area contributed by atoms with Crippen LogP contribution in [0, 0.1) is 5.82 Å². The van der Waals surface area contributed by atoms with Gasteiger partial charge in [-0.1, -0.05) is 26.0 Å². The van der Waals surface area contributed by atoms with Gasteiger partial charge in [0.2, 0.25) is 0 Å². The number of anilines is 1. The number of hydrogen-bond donors (Lipinski definition) is 1. The van der Waals surface area contributed by atoms with Crippen molar-refractivity contribution in [1.82, 2.24) is 9.78 Å². The lowest BCUT2D eigenvalue weighted by molar-refractivity contribution is 0.432. The minimum atomic E-state index is -0.224. The molecule has 2 N–H and O–H groups in total. The van der Waals surface area contributed by atoms with E-state index in [0.29, 0.717) is 6.54 Å². The highest BCUT2D eigenvalue weighted by atomic mass is 19.1. The predicted octanol–water partition coefficient (Wildman–Crippen LogP) is 3.27. The van der Waals surface area contributed by atoms with E-state index in [0.717, 1.165) is 36.3 Å². The number of benzene rings is 1. The molecule has 0 bridgehead atoms. The molecular weight excluding hydrogens is 253 g/mol. The molecule has 1 heterocycles. The fourth-order valence-electron chi connectivity index (χ4n) is 3.19. The van der Waals surface area contributed by atoms with Crippen LogP contribution in [0.25, 0.3) is 0 Å². The second kappa shape index (κ2) is 4.62. The molecule has 2 aromatic rings. The van der Waals surface area contributed by atoms with Gasteiger partial charge < -0.3 is 5.73 Å². The molecule has 0 spiro atoms. The highest BCUT2D eigenvalue weighted by Gasteiger charge is 2.33. The summed E-state index contributed by atoms with van der Waals surface area (Å²) in [5, 5.41) is 4.64. The standard InChI is InChI=1S/C16H20FN3/c1-16(2)8-4-7-13-14(16)15(18)20(19-13)10-11-5-3-6-12(17)9-11/h3,5-6,9H,4,7-8,10,18H2,1-2H3. The summed E-state index contributed by atoms with van der Waals surface area (Å²) in [4.78, 5) is 0. The number of aromatic nitrogens is 2. The van der Waals surface area contributed by atoms with Gasteiger partial charge >= 0.3 is 0 Å². The Kier molecular flexibility index (Phi) is 3.04. The minimum Gasteiger partial charge on any atom is -0.384 e. The number of nitrogens with two attached hydrogens (primary N) is 1. The van der Waals surface area contributed by atoms with Crippen molar-refractivity contribution in [2.45, 2.75) is 45.1 Å². The molecule has 3 rings (SSSR count). The van der Waals surface area contributed by atoms with Crippen LogP contribution < -0.4 is 5.73 Å². The zero-order valence-corrected chi connectivity index (χ0v) is 12.0. The van der Waals surface area contributed by atoms with Crippen LogP contribution in [0.1, 0.15) is 43.5 Å². The molecule has 0 atom stereocenters. The lowest BCUT2D eigenvalue weighted by atomic mass is 9.75. The van der Waals surface area contributed by atoms with E-state index in [1.54, 1.807) is 6.07 Å². The summed E-state index contributed by atoms with van der Waals surface area (Å²) in [6, 6.07) is 6.60. The Balaban J connectivity index is 1.98. The third-order valence-corrected chi connectivity index (χ3v) is 4.18. The third kappa shape index (κ3) is 2.19. The first-order valence-corrected chi connectivity index (χ1v) is 7.07. The van der Waals surface area contributed by atoms with Crippen LogP contribution in [0.15, 0.2) is 24.3 Å². The maximum atomic E-state index is 13.3.